The molecule has 0 radical (unpaired) electrons. The molecule has 0 bridgehead atoms. The molecule has 1 heterocycles. The van der Waals surface area contributed by atoms with Gasteiger partial charge in [-0.3, -0.25) is 14.9 Å². The summed E-state index contributed by atoms with van der Waals surface area (Å²) in [6, 6.07) is 2.27. The summed E-state index contributed by atoms with van der Waals surface area (Å²) in [4.78, 5) is 24.2. The summed E-state index contributed by atoms with van der Waals surface area (Å²) in [5.41, 5.74) is 1.88. The maximum Gasteiger partial charge on any atom is 0.275 e. The van der Waals surface area contributed by atoms with Crippen LogP contribution in [0.2, 0.25) is 0 Å². The van der Waals surface area contributed by atoms with E-state index in [9.17, 15) is 19.3 Å². The number of benzene rings is 1. The molecule has 23 heavy (non-hydrogen) atoms. The number of piperidine rings is 1. The summed E-state index contributed by atoms with van der Waals surface area (Å²) in [6.45, 7) is 6.66. The van der Waals surface area contributed by atoms with Crippen molar-refractivity contribution in [3.63, 3.8) is 0 Å². The van der Waals surface area contributed by atoms with Crippen molar-refractivity contribution in [3.8, 4) is 0 Å². The lowest BCUT2D eigenvalue weighted by Gasteiger charge is -2.30. The van der Waals surface area contributed by atoms with Crippen molar-refractivity contribution < 1.29 is 14.1 Å². The molecule has 1 saturated heterocycles. The second-order valence-corrected chi connectivity index (χ2v) is 6.18. The Bertz CT molecular complexity index is 658. The van der Waals surface area contributed by atoms with E-state index in [-0.39, 0.29) is 17.5 Å². The van der Waals surface area contributed by atoms with Crippen LogP contribution in [0.15, 0.2) is 17.7 Å². The van der Waals surface area contributed by atoms with Crippen LogP contribution in [0.4, 0.5) is 10.1 Å². The number of hydrogen-bond acceptors (Lipinski definition) is 3. The number of nitrogens with zero attached hydrogens (tertiary/aromatic N) is 2. The van der Waals surface area contributed by atoms with E-state index in [4.69, 9.17) is 0 Å². The first-order valence-corrected chi connectivity index (χ1v) is 7.72. The highest BCUT2D eigenvalue weighted by molar-refractivity contribution is 5.78. The molecule has 0 N–H and O–H groups in total. The third-order valence-electron chi connectivity index (χ3n) is 4.15. The van der Waals surface area contributed by atoms with Crippen molar-refractivity contribution in [2.75, 3.05) is 13.1 Å². The van der Waals surface area contributed by atoms with E-state index in [2.05, 4.69) is 0 Å². The van der Waals surface area contributed by atoms with Gasteiger partial charge in [-0.2, -0.15) is 0 Å². The van der Waals surface area contributed by atoms with E-state index >= 15 is 0 Å². The molecular formula is C17H21FN2O3. The first-order valence-electron chi connectivity index (χ1n) is 7.72. The van der Waals surface area contributed by atoms with Crippen molar-refractivity contribution in [2.45, 2.75) is 33.6 Å². The molecule has 1 aromatic carbocycles. The lowest BCUT2D eigenvalue weighted by molar-refractivity contribution is -0.385. The maximum absolute atomic E-state index is 13.6. The van der Waals surface area contributed by atoms with Crippen molar-refractivity contribution in [1.82, 2.24) is 4.90 Å². The zero-order valence-electron chi connectivity index (χ0n) is 13.6. The van der Waals surface area contributed by atoms with Gasteiger partial charge in [0, 0.05) is 24.6 Å². The normalized spacial score (nSPS) is 15.0. The van der Waals surface area contributed by atoms with Gasteiger partial charge in [0.05, 0.1) is 11.0 Å². The first kappa shape index (κ1) is 17.1. The monoisotopic (exact) mass is 320 g/mol. The van der Waals surface area contributed by atoms with Crippen LogP contribution in [0.5, 0.6) is 0 Å². The summed E-state index contributed by atoms with van der Waals surface area (Å²) in [5.74, 6) is -0.489. The van der Waals surface area contributed by atoms with Crippen LogP contribution >= 0.6 is 0 Å². The zero-order valence-corrected chi connectivity index (χ0v) is 13.6. The van der Waals surface area contributed by atoms with Crippen LogP contribution in [-0.4, -0.2) is 28.8 Å². The van der Waals surface area contributed by atoms with E-state index < -0.39 is 10.7 Å². The van der Waals surface area contributed by atoms with Crippen molar-refractivity contribution in [1.29, 1.82) is 0 Å². The molecule has 1 fully saturated rings. The van der Waals surface area contributed by atoms with Crippen LogP contribution in [0.25, 0.3) is 6.08 Å². The topological polar surface area (TPSA) is 63.5 Å². The average Bonchev–Trinajstić information content (AvgIpc) is 2.50. The number of nitro benzene ring substituents is 1. The highest BCUT2D eigenvalue weighted by Crippen LogP contribution is 2.27. The Labute approximate surface area is 134 Å². The van der Waals surface area contributed by atoms with Crippen LogP contribution < -0.4 is 0 Å². The Kier molecular flexibility index (Phi) is 5.13. The Morgan fingerprint density at radius 3 is 2.48 bits per heavy atom. The molecule has 0 spiro atoms. The van der Waals surface area contributed by atoms with E-state index in [1.807, 2.05) is 24.8 Å². The van der Waals surface area contributed by atoms with E-state index in [1.165, 1.54) is 6.07 Å². The summed E-state index contributed by atoms with van der Waals surface area (Å²) >= 11 is 0. The summed E-state index contributed by atoms with van der Waals surface area (Å²) in [7, 11) is 0. The molecular weight excluding hydrogens is 299 g/mol. The van der Waals surface area contributed by atoms with Gasteiger partial charge in [-0.1, -0.05) is 25.5 Å². The molecule has 1 aromatic rings. The van der Waals surface area contributed by atoms with E-state index in [0.717, 1.165) is 11.6 Å². The standard InChI is InChI=1S/C17H21FN2O3/c1-11(2)17(21)19-6-4-13(5-7-19)8-14-9-15(18)10-16(12(14)3)20(22)23/h8-11H,4-7H2,1-3H3. The maximum atomic E-state index is 13.6. The molecule has 1 aliphatic heterocycles. The minimum absolute atomic E-state index is 0.0198. The van der Waals surface area contributed by atoms with Crippen molar-refractivity contribution >= 4 is 17.7 Å². The molecule has 5 nitrogen and oxygen atoms in total. The SMILES string of the molecule is Cc1c(C=C2CCN(C(=O)C(C)C)CC2)cc(F)cc1[N+](=O)[O-]. The molecule has 0 atom stereocenters. The molecule has 0 unspecified atom stereocenters. The van der Waals surface area contributed by atoms with Gasteiger partial charge in [0.2, 0.25) is 5.91 Å². The van der Waals surface area contributed by atoms with E-state index in [0.29, 0.717) is 37.1 Å². The Balaban J connectivity index is 2.18. The third-order valence-corrected chi connectivity index (χ3v) is 4.15. The lowest BCUT2D eigenvalue weighted by atomic mass is 9.97. The molecule has 0 aliphatic carbocycles. The summed E-state index contributed by atoms with van der Waals surface area (Å²) in [6.07, 6.45) is 3.24. The number of rotatable bonds is 3. The zero-order chi connectivity index (χ0) is 17.1. The number of likely N-dealkylation sites (tertiary alicyclic amines) is 1. The fourth-order valence-corrected chi connectivity index (χ4v) is 2.77. The van der Waals surface area contributed by atoms with Crippen LogP contribution in [-0.2, 0) is 4.79 Å². The number of nitro groups is 1. The number of amides is 1. The molecule has 0 aromatic heterocycles. The van der Waals surface area contributed by atoms with Crippen LogP contribution in [0.1, 0.15) is 37.8 Å². The van der Waals surface area contributed by atoms with Gasteiger partial charge in [0.25, 0.3) is 5.69 Å². The number of hydrogen-bond donors (Lipinski definition) is 0. The second kappa shape index (κ2) is 6.89. The molecule has 6 heteroatoms. The number of carbonyl (C=O) groups excluding carboxylic acids is 1. The van der Waals surface area contributed by atoms with Crippen molar-refractivity contribution in [3.05, 3.63) is 44.8 Å². The Hall–Kier alpha value is -2.24. The first-order chi connectivity index (χ1) is 10.8. The minimum Gasteiger partial charge on any atom is -0.342 e. The summed E-state index contributed by atoms with van der Waals surface area (Å²) < 4.78 is 13.6. The smallest absolute Gasteiger partial charge is 0.275 e. The van der Waals surface area contributed by atoms with Crippen LogP contribution in [0, 0.1) is 28.8 Å². The van der Waals surface area contributed by atoms with Gasteiger partial charge < -0.3 is 4.90 Å². The third kappa shape index (κ3) is 3.94. The Morgan fingerprint density at radius 1 is 1.35 bits per heavy atom. The lowest BCUT2D eigenvalue weighted by Crippen LogP contribution is -2.38. The minimum atomic E-state index is -0.610. The van der Waals surface area contributed by atoms with Gasteiger partial charge in [-0.05, 0) is 31.4 Å². The largest absolute Gasteiger partial charge is 0.342 e. The molecule has 2 rings (SSSR count). The van der Waals surface area contributed by atoms with E-state index in [1.54, 1.807) is 6.92 Å². The van der Waals surface area contributed by atoms with Crippen LogP contribution in [0.3, 0.4) is 0 Å². The number of carbonyl (C=O) groups is 1. The van der Waals surface area contributed by atoms with Gasteiger partial charge >= 0.3 is 0 Å². The van der Waals surface area contributed by atoms with Crippen molar-refractivity contribution in [2.24, 2.45) is 5.92 Å². The summed E-state index contributed by atoms with van der Waals surface area (Å²) in [5, 5.41) is 11.0. The molecule has 124 valence electrons. The predicted octanol–water partition coefficient (Wildman–Crippen LogP) is 3.70. The van der Waals surface area contributed by atoms with Gasteiger partial charge in [0.1, 0.15) is 5.82 Å². The van der Waals surface area contributed by atoms with Gasteiger partial charge in [0.15, 0.2) is 0 Å². The quantitative estimate of drug-likeness (QED) is 0.630. The second-order valence-electron chi connectivity index (χ2n) is 6.18. The molecule has 0 saturated carbocycles. The fourth-order valence-electron chi connectivity index (χ4n) is 2.77. The highest BCUT2D eigenvalue weighted by atomic mass is 19.1. The molecule has 1 amide bonds. The Morgan fingerprint density at radius 2 is 1.96 bits per heavy atom. The average molecular weight is 320 g/mol. The van der Waals surface area contributed by atoms with Gasteiger partial charge in [-0.25, -0.2) is 4.39 Å². The fraction of sp³-hybridized carbons (Fsp3) is 0.471. The predicted molar refractivity (Wildman–Crippen MR) is 86.4 cm³/mol. The number of halogens is 1. The molecule has 1 aliphatic rings. The highest BCUT2D eigenvalue weighted by Gasteiger charge is 2.22. The van der Waals surface area contributed by atoms with Gasteiger partial charge in [-0.15, -0.1) is 0 Å².